The van der Waals surface area contributed by atoms with E-state index in [1.807, 2.05) is 0 Å². The number of unbranched alkanes of at least 4 members (excludes halogenated alkanes) is 14. The molecule has 1 rings (SSSR count). The van der Waals surface area contributed by atoms with Crippen LogP contribution >= 0.6 is 0 Å². The number of carbonyl (C=O) groups excluding carboxylic acids is 1. The molecule has 0 saturated heterocycles. The highest BCUT2D eigenvalue weighted by molar-refractivity contribution is 5.91. The summed E-state index contributed by atoms with van der Waals surface area (Å²) < 4.78 is 5.26. The van der Waals surface area contributed by atoms with Gasteiger partial charge >= 0.3 is 0 Å². The summed E-state index contributed by atoms with van der Waals surface area (Å²) in [7, 11) is 0. The van der Waals surface area contributed by atoms with Crippen molar-refractivity contribution in [3.63, 3.8) is 0 Å². The molecule has 1 aliphatic heterocycles. The number of ether oxygens (including phenoxy) is 1. The minimum Gasteiger partial charge on any atom is -0.470 e. The van der Waals surface area contributed by atoms with Crippen molar-refractivity contribution in [2.75, 3.05) is 0 Å². The van der Waals surface area contributed by atoms with Crippen LogP contribution in [0.3, 0.4) is 0 Å². The Kier molecular flexibility index (Phi) is 13.7. The monoisotopic (exact) mass is 351 g/mol. The molecule has 0 aliphatic carbocycles. The summed E-state index contributed by atoms with van der Waals surface area (Å²) in [4.78, 5) is 15.1. The Morgan fingerprint density at radius 2 is 1.28 bits per heavy atom. The second kappa shape index (κ2) is 15.4. The molecule has 0 aromatic rings. The second-order valence-corrected chi connectivity index (χ2v) is 7.85. The van der Waals surface area contributed by atoms with Crippen LogP contribution < -0.4 is 0 Å². The van der Waals surface area contributed by atoms with Crippen LogP contribution in [0.25, 0.3) is 0 Å². The fourth-order valence-electron chi connectivity index (χ4n) is 3.65. The van der Waals surface area contributed by atoms with Crippen molar-refractivity contribution in [1.29, 1.82) is 0 Å². The van der Waals surface area contributed by atoms with E-state index in [0.717, 1.165) is 6.42 Å². The van der Waals surface area contributed by atoms with E-state index < -0.39 is 0 Å². The van der Waals surface area contributed by atoms with Crippen LogP contribution in [-0.4, -0.2) is 18.4 Å². The minimum absolute atomic E-state index is 0.103. The van der Waals surface area contributed by atoms with Gasteiger partial charge in [0.1, 0.15) is 0 Å². The Labute approximate surface area is 156 Å². The highest BCUT2D eigenvalue weighted by Gasteiger charge is 2.28. The third kappa shape index (κ3) is 11.4. The van der Waals surface area contributed by atoms with Gasteiger partial charge in [-0.3, -0.25) is 4.79 Å². The van der Waals surface area contributed by atoms with Gasteiger partial charge in [0.25, 0.3) is 5.91 Å². The SMILES string of the molecule is CCCCCCCCCCCCCCCCCC(C)C1OC=NC1=O. The smallest absolute Gasteiger partial charge is 0.289 e. The third-order valence-electron chi connectivity index (χ3n) is 5.41. The quantitative estimate of drug-likeness (QED) is 0.269. The maximum atomic E-state index is 11.5. The maximum absolute atomic E-state index is 11.5. The summed E-state index contributed by atoms with van der Waals surface area (Å²) in [6.07, 6.45) is 22.9. The van der Waals surface area contributed by atoms with Crippen molar-refractivity contribution >= 4 is 12.3 Å². The highest BCUT2D eigenvalue weighted by atomic mass is 16.5. The summed E-state index contributed by atoms with van der Waals surface area (Å²) in [5.74, 6) is 0.186. The van der Waals surface area contributed by atoms with Gasteiger partial charge in [0.15, 0.2) is 12.5 Å². The molecule has 1 heterocycles. The van der Waals surface area contributed by atoms with Crippen molar-refractivity contribution in [3.05, 3.63) is 0 Å². The Hall–Kier alpha value is -0.860. The van der Waals surface area contributed by atoms with Gasteiger partial charge < -0.3 is 4.74 Å². The first-order chi connectivity index (χ1) is 12.3. The standard InChI is InChI=1S/C22H41NO2/c1-3-4-5-6-7-8-9-10-11-12-13-14-15-16-17-18-20(2)21-22(24)23-19-25-21/h19-21H,3-18H2,1-2H3. The lowest BCUT2D eigenvalue weighted by Crippen LogP contribution is -2.24. The van der Waals surface area contributed by atoms with Gasteiger partial charge in [-0.15, -0.1) is 0 Å². The van der Waals surface area contributed by atoms with Crippen molar-refractivity contribution in [2.24, 2.45) is 10.9 Å². The van der Waals surface area contributed by atoms with E-state index in [-0.39, 0.29) is 17.9 Å². The number of hydrogen-bond acceptors (Lipinski definition) is 2. The van der Waals surface area contributed by atoms with E-state index in [2.05, 4.69) is 18.8 Å². The molecule has 2 atom stereocenters. The van der Waals surface area contributed by atoms with Crippen LogP contribution in [0, 0.1) is 5.92 Å². The van der Waals surface area contributed by atoms with Crippen molar-refractivity contribution in [1.82, 2.24) is 0 Å². The first-order valence-electron chi connectivity index (χ1n) is 11.0. The zero-order chi connectivity index (χ0) is 18.2. The molecular weight excluding hydrogens is 310 g/mol. The molecule has 146 valence electrons. The minimum atomic E-state index is -0.313. The van der Waals surface area contributed by atoms with Crippen LogP contribution in [0.1, 0.15) is 117 Å². The molecule has 0 aromatic carbocycles. The van der Waals surface area contributed by atoms with E-state index in [9.17, 15) is 4.79 Å². The van der Waals surface area contributed by atoms with Crippen molar-refractivity contribution in [2.45, 2.75) is 123 Å². The molecule has 3 heteroatoms. The Balaban J connectivity index is 1.75. The topological polar surface area (TPSA) is 38.7 Å². The maximum Gasteiger partial charge on any atom is 0.289 e. The molecule has 0 saturated carbocycles. The van der Waals surface area contributed by atoms with Gasteiger partial charge in [0, 0.05) is 5.92 Å². The first kappa shape index (κ1) is 22.2. The zero-order valence-electron chi connectivity index (χ0n) is 16.8. The molecule has 1 amide bonds. The summed E-state index contributed by atoms with van der Waals surface area (Å²) in [6, 6.07) is 0. The summed E-state index contributed by atoms with van der Waals surface area (Å²) in [5, 5.41) is 0. The normalized spacial score (nSPS) is 17.8. The number of amides is 1. The number of nitrogens with zero attached hydrogens (tertiary/aromatic N) is 1. The predicted molar refractivity (Wildman–Crippen MR) is 107 cm³/mol. The number of rotatable bonds is 17. The van der Waals surface area contributed by atoms with E-state index >= 15 is 0 Å². The van der Waals surface area contributed by atoms with E-state index in [0.29, 0.717) is 0 Å². The van der Waals surface area contributed by atoms with Crippen LogP contribution in [0.15, 0.2) is 4.99 Å². The van der Waals surface area contributed by atoms with E-state index in [4.69, 9.17) is 4.74 Å². The molecule has 2 unspecified atom stereocenters. The summed E-state index contributed by atoms with van der Waals surface area (Å²) in [6.45, 7) is 4.38. The van der Waals surface area contributed by atoms with Gasteiger partial charge in [0.2, 0.25) is 0 Å². The Morgan fingerprint density at radius 3 is 1.68 bits per heavy atom. The van der Waals surface area contributed by atoms with E-state index in [1.54, 1.807) is 0 Å². The van der Waals surface area contributed by atoms with Gasteiger partial charge in [-0.25, -0.2) is 0 Å². The summed E-state index contributed by atoms with van der Waals surface area (Å²) >= 11 is 0. The lowest BCUT2D eigenvalue weighted by Gasteiger charge is -2.15. The van der Waals surface area contributed by atoms with Crippen LogP contribution in [-0.2, 0) is 9.53 Å². The number of hydrogen-bond donors (Lipinski definition) is 0. The summed E-state index contributed by atoms with van der Waals surface area (Å²) in [5.41, 5.74) is 0. The molecule has 25 heavy (non-hydrogen) atoms. The van der Waals surface area contributed by atoms with Gasteiger partial charge in [-0.05, 0) is 6.42 Å². The molecule has 1 aliphatic rings. The molecule has 0 N–H and O–H groups in total. The fraction of sp³-hybridized carbons (Fsp3) is 0.909. The van der Waals surface area contributed by atoms with E-state index in [1.165, 1.54) is 103 Å². The Morgan fingerprint density at radius 1 is 0.840 bits per heavy atom. The zero-order valence-corrected chi connectivity index (χ0v) is 16.8. The second-order valence-electron chi connectivity index (χ2n) is 7.85. The lowest BCUT2D eigenvalue weighted by atomic mass is 9.96. The Bertz CT molecular complexity index is 354. The lowest BCUT2D eigenvalue weighted by molar-refractivity contribution is -0.124. The third-order valence-corrected chi connectivity index (χ3v) is 5.41. The number of carbonyl (C=O) groups is 1. The predicted octanol–water partition coefficient (Wildman–Crippen LogP) is 6.84. The molecule has 0 spiro atoms. The molecule has 0 aromatic heterocycles. The van der Waals surface area contributed by atoms with Gasteiger partial charge in [-0.1, -0.05) is 110 Å². The van der Waals surface area contributed by atoms with Crippen molar-refractivity contribution < 1.29 is 9.53 Å². The molecule has 0 bridgehead atoms. The van der Waals surface area contributed by atoms with Crippen molar-refractivity contribution in [3.8, 4) is 0 Å². The number of aliphatic imine (C=N–C) groups is 1. The average molecular weight is 352 g/mol. The molecule has 3 nitrogen and oxygen atoms in total. The molecular formula is C22H41NO2. The van der Waals surface area contributed by atoms with Gasteiger partial charge in [-0.2, -0.15) is 4.99 Å². The van der Waals surface area contributed by atoms with Crippen LogP contribution in [0.5, 0.6) is 0 Å². The average Bonchev–Trinajstić information content (AvgIpc) is 3.04. The first-order valence-corrected chi connectivity index (χ1v) is 11.0. The highest BCUT2D eigenvalue weighted by Crippen LogP contribution is 2.20. The molecule has 0 fully saturated rings. The molecule has 0 radical (unpaired) electrons. The largest absolute Gasteiger partial charge is 0.470 e. The fourth-order valence-corrected chi connectivity index (χ4v) is 3.65. The van der Waals surface area contributed by atoms with Crippen LogP contribution in [0.4, 0.5) is 0 Å². The van der Waals surface area contributed by atoms with Crippen LogP contribution in [0.2, 0.25) is 0 Å². The van der Waals surface area contributed by atoms with Gasteiger partial charge in [0.05, 0.1) is 0 Å².